The van der Waals surface area contributed by atoms with E-state index in [-0.39, 0.29) is 12.4 Å². The van der Waals surface area contributed by atoms with Crippen LogP contribution in [-0.4, -0.2) is 0 Å². The minimum atomic E-state index is 0. The zero-order valence-electron chi connectivity index (χ0n) is 6.83. The lowest BCUT2D eigenvalue weighted by atomic mass is 10.3. The van der Waals surface area contributed by atoms with Gasteiger partial charge in [-0.3, -0.25) is 0 Å². The summed E-state index contributed by atoms with van der Waals surface area (Å²) in [5.74, 6) is 0. The number of para-hydroxylation sites is 1. The second kappa shape index (κ2) is 3.87. The van der Waals surface area contributed by atoms with Crippen LogP contribution in [0.25, 0.3) is 10.2 Å². The van der Waals surface area contributed by atoms with Crippen LogP contribution in [0, 0.1) is 0 Å². The van der Waals surface area contributed by atoms with Crippen LogP contribution in [0.5, 0.6) is 0 Å². The number of thiazole rings is 1. The molecule has 0 atom stereocenters. The molecule has 0 fully saturated rings. The number of nitrogens with zero attached hydrogens (tertiary/aromatic N) is 1. The first-order chi connectivity index (χ1) is 5.42. The first-order valence-corrected chi connectivity index (χ1v) is 4.65. The first kappa shape index (κ1) is 9.49. The van der Waals surface area contributed by atoms with Crippen molar-refractivity contribution in [3.8, 4) is 0 Å². The van der Waals surface area contributed by atoms with E-state index in [2.05, 4.69) is 41.3 Å². The Bertz CT molecular complexity index is 369. The molecule has 0 radical (unpaired) electrons. The fraction of sp³-hybridized carbons (Fsp3) is 0.222. The van der Waals surface area contributed by atoms with Crippen LogP contribution in [0.15, 0.2) is 29.8 Å². The zero-order valence-corrected chi connectivity index (χ0v) is 8.40. The Hall–Kier alpha value is -0.600. The molecule has 1 nitrogen and oxygen atoms in total. The minimum absolute atomic E-state index is 0. The van der Waals surface area contributed by atoms with Crippen molar-refractivity contribution in [2.75, 3.05) is 0 Å². The third-order valence-corrected chi connectivity index (χ3v) is 2.78. The van der Waals surface area contributed by atoms with Crippen molar-refractivity contribution in [3.63, 3.8) is 0 Å². The summed E-state index contributed by atoms with van der Waals surface area (Å²) >= 11 is 1.80. The molecule has 2 rings (SSSR count). The van der Waals surface area contributed by atoms with Gasteiger partial charge >= 0.3 is 0 Å². The van der Waals surface area contributed by atoms with Gasteiger partial charge in [0.15, 0.2) is 0 Å². The number of benzene rings is 1. The van der Waals surface area contributed by atoms with Gasteiger partial charge < -0.3 is 12.4 Å². The van der Waals surface area contributed by atoms with Gasteiger partial charge in [0, 0.05) is 6.07 Å². The number of fused-ring (bicyclic) bond motifs is 1. The van der Waals surface area contributed by atoms with Crippen LogP contribution in [0.2, 0.25) is 0 Å². The maximum Gasteiger partial charge on any atom is 0.225 e. The van der Waals surface area contributed by atoms with E-state index in [1.165, 1.54) is 10.2 Å². The van der Waals surface area contributed by atoms with E-state index in [9.17, 15) is 0 Å². The topological polar surface area (TPSA) is 3.88 Å². The van der Waals surface area contributed by atoms with E-state index < -0.39 is 0 Å². The minimum Gasteiger partial charge on any atom is -1.00 e. The summed E-state index contributed by atoms with van der Waals surface area (Å²) in [4.78, 5) is 0. The molecular formula is C9H10ClNS. The molecule has 0 aliphatic rings. The van der Waals surface area contributed by atoms with Gasteiger partial charge in [0.2, 0.25) is 11.0 Å². The van der Waals surface area contributed by atoms with Gasteiger partial charge in [0.1, 0.15) is 11.2 Å². The van der Waals surface area contributed by atoms with Crippen molar-refractivity contribution in [3.05, 3.63) is 29.8 Å². The Kier molecular flexibility index (Phi) is 3.06. The van der Waals surface area contributed by atoms with E-state index >= 15 is 0 Å². The van der Waals surface area contributed by atoms with Gasteiger partial charge in [-0.1, -0.05) is 23.5 Å². The Balaban J connectivity index is 0.000000720. The molecule has 0 saturated carbocycles. The summed E-state index contributed by atoms with van der Waals surface area (Å²) in [6, 6.07) is 8.49. The van der Waals surface area contributed by atoms with E-state index in [0.717, 1.165) is 6.54 Å². The summed E-state index contributed by atoms with van der Waals surface area (Å²) in [5, 5.41) is 0. The fourth-order valence-corrected chi connectivity index (χ4v) is 2.18. The monoisotopic (exact) mass is 199 g/mol. The predicted octanol–water partition coefficient (Wildman–Crippen LogP) is -0.787. The molecule has 64 valence electrons. The molecular weight excluding hydrogens is 190 g/mol. The molecule has 0 saturated heterocycles. The third kappa shape index (κ3) is 1.45. The number of halogens is 1. The number of aromatic nitrogens is 1. The molecule has 0 aliphatic carbocycles. The molecule has 2 aromatic rings. The van der Waals surface area contributed by atoms with Gasteiger partial charge in [0.05, 0.1) is 0 Å². The van der Waals surface area contributed by atoms with Gasteiger partial charge in [-0.05, 0) is 13.0 Å². The molecule has 0 aliphatic heterocycles. The second-order valence-electron chi connectivity index (χ2n) is 2.48. The average molecular weight is 200 g/mol. The smallest absolute Gasteiger partial charge is 0.225 e. The number of aryl methyl sites for hydroxylation is 1. The zero-order chi connectivity index (χ0) is 7.68. The summed E-state index contributed by atoms with van der Waals surface area (Å²) in [7, 11) is 0. The Morgan fingerprint density at radius 2 is 2.08 bits per heavy atom. The van der Waals surface area contributed by atoms with Crippen molar-refractivity contribution in [1.29, 1.82) is 0 Å². The highest BCUT2D eigenvalue weighted by molar-refractivity contribution is 7.16. The molecule has 12 heavy (non-hydrogen) atoms. The number of hydrogen-bond acceptors (Lipinski definition) is 1. The normalized spacial score (nSPS) is 9.75. The van der Waals surface area contributed by atoms with E-state index in [1.54, 1.807) is 11.3 Å². The van der Waals surface area contributed by atoms with Crippen LogP contribution < -0.4 is 17.0 Å². The molecule has 0 spiro atoms. The number of hydrogen-bond donors (Lipinski definition) is 0. The lowest BCUT2D eigenvalue weighted by Gasteiger charge is -1.85. The lowest BCUT2D eigenvalue weighted by Crippen LogP contribution is -3.00. The molecule has 0 amide bonds. The van der Waals surface area contributed by atoms with Crippen LogP contribution in [0.4, 0.5) is 0 Å². The Morgan fingerprint density at radius 1 is 1.33 bits per heavy atom. The van der Waals surface area contributed by atoms with Crippen LogP contribution in [0.3, 0.4) is 0 Å². The van der Waals surface area contributed by atoms with Gasteiger partial charge in [-0.15, -0.1) is 0 Å². The largest absolute Gasteiger partial charge is 1.00 e. The molecule has 0 bridgehead atoms. The van der Waals surface area contributed by atoms with Gasteiger partial charge in [-0.25, -0.2) is 0 Å². The molecule has 0 unspecified atom stereocenters. The van der Waals surface area contributed by atoms with Crippen LogP contribution in [-0.2, 0) is 6.54 Å². The third-order valence-electron chi connectivity index (χ3n) is 1.82. The molecule has 0 N–H and O–H groups in total. The highest BCUT2D eigenvalue weighted by Gasteiger charge is 2.06. The van der Waals surface area contributed by atoms with Gasteiger partial charge in [-0.2, -0.15) is 4.57 Å². The average Bonchev–Trinajstić information content (AvgIpc) is 2.47. The van der Waals surface area contributed by atoms with Gasteiger partial charge in [0.25, 0.3) is 0 Å². The molecule has 3 heteroatoms. The van der Waals surface area contributed by atoms with Crippen LogP contribution in [0.1, 0.15) is 6.92 Å². The van der Waals surface area contributed by atoms with E-state index in [1.807, 2.05) is 0 Å². The van der Waals surface area contributed by atoms with E-state index in [0.29, 0.717) is 0 Å². The quantitative estimate of drug-likeness (QED) is 0.531. The predicted molar refractivity (Wildman–Crippen MR) is 47.7 cm³/mol. The maximum absolute atomic E-state index is 2.26. The van der Waals surface area contributed by atoms with Crippen LogP contribution >= 0.6 is 11.3 Å². The summed E-state index contributed by atoms with van der Waals surface area (Å²) < 4.78 is 3.63. The Morgan fingerprint density at radius 3 is 2.83 bits per heavy atom. The Labute approximate surface area is 82.1 Å². The summed E-state index contributed by atoms with van der Waals surface area (Å²) in [5.41, 5.74) is 3.52. The molecule has 1 aromatic heterocycles. The van der Waals surface area contributed by atoms with Crippen molar-refractivity contribution in [2.45, 2.75) is 13.5 Å². The summed E-state index contributed by atoms with van der Waals surface area (Å²) in [6.07, 6.45) is 0. The number of rotatable bonds is 1. The van der Waals surface area contributed by atoms with Crippen molar-refractivity contribution in [2.24, 2.45) is 0 Å². The molecule has 1 heterocycles. The first-order valence-electron chi connectivity index (χ1n) is 3.77. The fourth-order valence-electron chi connectivity index (χ4n) is 1.22. The highest BCUT2D eigenvalue weighted by Crippen LogP contribution is 2.14. The van der Waals surface area contributed by atoms with E-state index in [4.69, 9.17) is 0 Å². The maximum atomic E-state index is 2.26. The second-order valence-corrected chi connectivity index (χ2v) is 3.36. The highest BCUT2D eigenvalue weighted by atomic mass is 35.5. The standard InChI is InChI=1S/C9H10NS.ClH/c1-2-10-7-11-9-6-4-3-5-8(9)10;/h3-7H,2H2,1H3;1H/q+1;/p-1. The SMILES string of the molecule is CC[n+]1csc2ccccc21.[Cl-]. The lowest BCUT2D eigenvalue weighted by molar-refractivity contribution is -0.663. The summed E-state index contributed by atoms with van der Waals surface area (Å²) in [6.45, 7) is 3.23. The van der Waals surface area contributed by atoms with Crippen molar-refractivity contribution < 1.29 is 17.0 Å². The van der Waals surface area contributed by atoms with Crippen molar-refractivity contribution in [1.82, 2.24) is 0 Å². The van der Waals surface area contributed by atoms with Crippen molar-refractivity contribution >= 4 is 21.6 Å². The molecule has 1 aromatic carbocycles.